The lowest BCUT2D eigenvalue weighted by molar-refractivity contribution is 0.0417. The maximum atomic E-state index is 11.1. The molecule has 2 atom stereocenters. The van der Waals surface area contributed by atoms with Gasteiger partial charge in [0.2, 0.25) is 0 Å². The Morgan fingerprint density at radius 1 is 1.47 bits per heavy atom. The molecule has 0 aromatic rings. The van der Waals surface area contributed by atoms with E-state index in [9.17, 15) is 8.42 Å². The summed E-state index contributed by atoms with van der Waals surface area (Å²) in [6.07, 6.45) is 5.40. The van der Waals surface area contributed by atoms with Gasteiger partial charge in [-0.1, -0.05) is 26.2 Å². The van der Waals surface area contributed by atoms with E-state index < -0.39 is 9.84 Å². The second-order valence-electron chi connectivity index (χ2n) is 4.70. The third-order valence-corrected chi connectivity index (χ3v) is 4.79. The number of hydrogen-bond acceptors (Lipinski definition) is 3. The van der Waals surface area contributed by atoms with Crippen LogP contribution in [0.5, 0.6) is 0 Å². The Kier molecular flexibility index (Phi) is 3.16. The maximum Gasteiger partial charge on any atom is 0.174 e. The molecule has 0 radical (unpaired) electrons. The van der Waals surface area contributed by atoms with E-state index >= 15 is 0 Å². The third kappa shape index (κ3) is 2.82. The lowest BCUT2D eigenvalue weighted by Crippen LogP contribution is -2.26. The molecule has 0 aromatic heterocycles. The van der Waals surface area contributed by atoms with Crippen LogP contribution in [0, 0.1) is 11.8 Å². The molecule has 0 aromatic carbocycles. The Morgan fingerprint density at radius 3 is 2.67 bits per heavy atom. The van der Waals surface area contributed by atoms with Crippen LogP contribution in [0.2, 0.25) is 0 Å². The van der Waals surface area contributed by atoms with E-state index in [2.05, 4.69) is 6.92 Å². The van der Waals surface area contributed by atoms with Gasteiger partial charge in [0.1, 0.15) is 0 Å². The smallest absolute Gasteiger partial charge is 0.174 e. The molecule has 3 nitrogen and oxygen atoms in total. The molecular formula is C11H18O3S. The summed E-state index contributed by atoms with van der Waals surface area (Å²) in [4.78, 5) is 0. The van der Waals surface area contributed by atoms with Gasteiger partial charge in [0, 0.05) is 5.41 Å². The quantitative estimate of drug-likeness (QED) is 0.739. The lowest BCUT2D eigenvalue weighted by atomic mass is 9.77. The van der Waals surface area contributed by atoms with E-state index in [-0.39, 0.29) is 11.9 Å². The van der Waals surface area contributed by atoms with Crippen molar-refractivity contribution in [3.63, 3.8) is 0 Å². The van der Waals surface area contributed by atoms with Gasteiger partial charge in [-0.05, 0) is 17.9 Å². The summed E-state index contributed by atoms with van der Waals surface area (Å²) in [5, 5.41) is 1.27. The van der Waals surface area contributed by atoms with E-state index in [1.54, 1.807) is 6.08 Å². The summed E-state index contributed by atoms with van der Waals surface area (Å²) in [6, 6.07) is 0. The van der Waals surface area contributed by atoms with Crippen LogP contribution < -0.4 is 0 Å². The molecule has 0 spiro atoms. The van der Waals surface area contributed by atoms with Crippen LogP contribution in [0.3, 0.4) is 0 Å². The second kappa shape index (κ2) is 4.26. The van der Waals surface area contributed by atoms with E-state index in [0.29, 0.717) is 12.5 Å². The van der Waals surface area contributed by atoms with Gasteiger partial charge in [-0.25, -0.2) is 8.42 Å². The molecule has 4 heteroatoms. The van der Waals surface area contributed by atoms with Crippen molar-refractivity contribution in [3.05, 3.63) is 11.5 Å². The minimum Gasteiger partial charge on any atom is -0.373 e. The highest BCUT2D eigenvalue weighted by Crippen LogP contribution is 2.33. The largest absolute Gasteiger partial charge is 0.373 e. The van der Waals surface area contributed by atoms with E-state index in [1.165, 1.54) is 24.7 Å². The van der Waals surface area contributed by atoms with E-state index in [4.69, 9.17) is 4.74 Å². The van der Waals surface area contributed by atoms with Crippen LogP contribution >= 0.6 is 0 Å². The summed E-state index contributed by atoms with van der Waals surface area (Å²) in [5.41, 5.74) is 0. The van der Waals surface area contributed by atoms with Gasteiger partial charge in [-0.2, -0.15) is 0 Å². The Morgan fingerprint density at radius 2 is 2.20 bits per heavy atom. The van der Waals surface area contributed by atoms with Crippen LogP contribution in [-0.2, 0) is 14.6 Å². The molecule has 15 heavy (non-hydrogen) atoms. The zero-order valence-corrected chi connectivity index (χ0v) is 9.87. The summed E-state index contributed by atoms with van der Waals surface area (Å²) < 4.78 is 27.8. The third-order valence-electron chi connectivity index (χ3n) is 3.42. The first-order chi connectivity index (χ1) is 7.07. The van der Waals surface area contributed by atoms with Crippen molar-refractivity contribution < 1.29 is 13.2 Å². The minimum absolute atomic E-state index is 0.129. The Bertz CT molecular complexity index is 341. The van der Waals surface area contributed by atoms with Gasteiger partial charge in [0.25, 0.3) is 0 Å². The van der Waals surface area contributed by atoms with Crippen LogP contribution in [0.1, 0.15) is 26.2 Å². The summed E-state index contributed by atoms with van der Waals surface area (Å²) in [5.74, 6) is 1.49. The highest BCUT2D eigenvalue weighted by Gasteiger charge is 2.26. The predicted molar refractivity (Wildman–Crippen MR) is 59.2 cm³/mol. The van der Waals surface area contributed by atoms with Gasteiger partial charge in [-0.3, -0.25) is 0 Å². The first-order valence-electron chi connectivity index (χ1n) is 5.59. The fourth-order valence-corrected chi connectivity index (χ4v) is 3.26. The zero-order valence-electron chi connectivity index (χ0n) is 9.06. The number of sulfone groups is 1. The second-order valence-corrected chi connectivity index (χ2v) is 6.63. The van der Waals surface area contributed by atoms with Crippen molar-refractivity contribution in [3.8, 4) is 0 Å². The summed E-state index contributed by atoms with van der Waals surface area (Å²) >= 11 is 0. The fourth-order valence-electron chi connectivity index (χ4n) is 2.07. The van der Waals surface area contributed by atoms with Crippen molar-refractivity contribution in [2.45, 2.75) is 32.3 Å². The molecule has 0 N–H and O–H groups in total. The number of rotatable bonds is 4. The fraction of sp³-hybridized carbons (Fsp3) is 0.818. The highest BCUT2D eigenvalue weighted by molar-refractivity contribution is 7.94. The average Bonchev–Trinajstić information content (AvgIpc) is 2.39. The summed E-state index contributed by atoms with van der Waals surface area (Å²) in [6.45, 7) is 2.88. The Labute approximate surface area is 91.4 Å². The topological polar surface area (TPSA) is 43.4 Å². The molecule has 1 heterocycles. The van der Waals surface area contributed by atoms with E-state index in [0.717, 1.165) is 5.92 Å². The van der Waals surface area contributed by atoms with Gasteiger partial charge in [0.15, 0.2) is 9.84 Å². The van der Waals surface area contributed by atoms with Gasteiger partial charge in [-0.15, -0.1) is 0 Å². The van der Waals surface area contributed by atoms with Crippen molar-refractivity contribution in [2.24, 2.45) is 11.8 Å². The van der Waals surface area contributed by atoms with Gasteiger partial charge >= 0.3 is 0 Å². The zero-order chi connectivity index (χ0) is 10.9. The molecule has 86 valence electrons. The molecule has 1 saturated carbocycles. The summed E-state index contributed by atoms with van der Waals surface area (Å²) in [7, 11) is -2.96. The molecule has 2 aliphatic rings. The average molecular weight is 230 g/mol. The first kappa shape index (κ1) is 11.1. The molecule has 2 rings (SSSR count). The van der Waals surface area contributed by atoms with Crippen molar-refractivity contribution in [1.29, 1.82) is 0 Å². The van der Waals surface area contributed by atoms with Crippen molar-refractivity contribution in [1.82, 2.24) is 0 Å². The monoisotopic (exact) mass is 230 g/mol. The Hall–Kier alpha value is -0.350. The maximum absolute atomic E-state index is 11.1. The predicted octanol–water partition coefficient (Wildman–Crippen LogP) is 1.75. The number of hydrogen-bond donors (Lipinski definition) is 0. The normalized spacial score (nSPS) is 31.4. The highest BCUT2D eigenvalue weighted by atomic mass is 32.2. The van der Waals surface area contributed by atoms with Crippen LogP contribution in [0.25, 0.3) is 0 Å². The number of ether oxygens (including phenoxy) is 1. The van der Waals surface area contributed by atoms with Crippen LogP contribution in [0.15, 0.2) is 11.5 Å². The molecule has 0 bridgehead atoms. The van der Waals surface area contributed by atoms with Crippen molar-refractivity contribution >= 4 is 9.84 Å². The molecular weight excluding hydrogens is 212 g/mol. The SMILES string of the molecule is CC(COC1C=CS(=O)(=O)C1)C1CCC1. The molecule has 1 fully saturated rings. The van der Waals surface area contributed by atoms with E-state index in [1.807, 2.05) is 0 Å². The van der Waals surface area contributed by atoms with Crippen LogP contribution in [-0.4, -0.2) is 26.9 Å². The minimum atomic E-state index is -2.96. The molecule has 1 aliphatic heterocycles. The standard InChI is InChI=1S/C11H18O3S/c1-9(10-3-2-4-10)7-14-11-5-6-15(12,13)8-11/h5-6,9-11H,2-4,7-8H2,1H3. The first-order valence-corrected chi connectivity index (χ1v) is 7.31. The lowest BCUT2D eigenvalue weighted by Gasteiger charge is -2.31. The van der Waals surface area contributed by atoms with Crippen LogP contribution in [0.4, 0.5) is 0 Å². The van der Waals surface area contributed by atoms with Gasteiger partial charge < -0.3 is 4.74 Å². The molecule has 2 unspecified atom stereocenters. The Balaban J connectivity index is 1.72. The molecule has 0 saturated heterocycles. The molecule has 1 aliphatic carbocycles. The van der Waals surface area contributed by atoms with Crippen molar-refractivity contribution in [2.75, 3.05) is 12.4 Å². The van der Waals surface area contributed by atoms with Gasteiger partial charge in [0.05, 0.1) is 18.5 Å². The molecule has 0 amide bonds.